The number of alkyl halides is 3. The zero-order chi connectivity index (χ0) is 22.3. The number of pyridine rings is 1. The standard InChI is InChI=1S/C24H23F3N2O2/c1-16-10-11-17-19(7-5-8-20(17)29-16)28-15-23(30,24(25,26)27)14-22(2)12-13-31-21-9-4-3-6-18(21)22/h3-11,15,30H,12-14H2,1-2H3/b28-15+. The van der Waals surface area contributed by atoms with Gasteiger partial charge in [-0.15, -0.1) is 0 Å². The average molecular weight is 428 g/mol. The van der Waals surface area contributed by atoms with Crippen LogP contribution in [-0.2, 0) is 5.41 Å². The van der Waals surface area contributed by atoms with Crippen LogP contribution in [0.3, 0.4) is 0 Å². The minimum Gasteiger partial charge on any atom is -0.493 e. The highest BCUT2D eigenvalue weighted by atomic mass is 19.4. The number of para-hydroxylation sites is 1. The van der Waals surface area contributed by atoms with Gasteiger partial charge in [0.1, 0.15) is 5.75 Å². The molecule has 3 aromatic rings. The van der Waals surface area contributed by atoms with E-state index in [1.165, 1.54) is 0 Å². The van der Waals surface area contributed by atoms with Gasteiger partial charge >= 0.3 is 6.18 Å². The summed E-state index contributed by atoms with van der Waals surface area (Å²) in [5.74, 6) is 0.549. The van der Waals surface area contributed by atoms with Crippen molar-refractivity contribution in [3.63, 3.8) is 0 Å². The van der Waals surface area contributed by atoms with Gasteiger partial charge in [0.05, 0.1) is 17.8 Å². The molecule has 0 bridgehead atoms. The minimum atomic E-state index is -4.90. The molecule has 31 heavy (non-hydrogen) atoms. The molecular formula is C24H23F3N2O2. The first-order valence-corrected chi connectivity index (χ1v) is 10.0. The Labute approximate surface area is 178 Å². The molecule has 2 unspecified atom stereocenters. The fourth-order valence-corrected chi connectivity index (χ4v) is 4.14. The third kappa shape index (κ3) is 4.02. The lowest BCUT2D eigenvalue weighted by Gasteiger charge is -2.41. The highest BCUT2D eigenvalue weighted by Gasteiger charge is 2.56. The smallest absolute Gasteiger partial charge is 0.422 e. The van der Waals surface area contributed by atoms with Gasteiger partial charge in [-0.05, 0) is 50.1 Å². The van der Waals surface area contributed by atoms with Crippen molar-refractivity contribution in [1.82, 2.24) is 4.98 Å². The molecular weight excluding hydrogens is 405 g/mol. The summed E-state index contributed by atoms with van der Waals surface area (Å²) in [5.41, 5.74) is -1.62. The minimum absolute atomic E-state index is 0.285. The number of fused-ring (bicyclic) bond motifs is 2. The second kappa shape index (κ2) is 7.64. The van der Waals surface area contributed by atoms with E-state index in [1.54, 1.807) is 61.5 Å². The molecule has 1 aliphatic rings. The van der Waals surface area contributed by atoms with Crippen LogP contribution in [0, 0.1) is 6.92 Å². The molecule has 2 aromatic carbocycles. The first-order chi connectivity index (χ1) is 14.6. The lowest BCUT2D eigenvalue weighted by Crippen LogP contribution is -2.51. The van der Waals surface area contributed by atoms with E-state index in [0.717, 1.165) is 5.69 Å². The Bertz CT molecular complexity index is 1150. The fraction of sp³-hybridized carbons (Fsp3) is 0.333. The zero-order valence-electron chi connectivity index (χ0n) is 17.3. The Balaban J connectivity index is 1.74. The molecule has 4 nitrogen and oxygen atoms in total. The van der Waals surface area contributed by atoms with Crippen LogP contribution in [0.2, 0.25) is 0 Å². The molecule has 7 heteroatoms. The van der Waals surface area contributed by atoms with E-state index in [0.29, 0.717) is 40.5 Å². The Morgan fingerprint density at radius 3 is 2.68 bits per heavy atom. The van der Waals surface area contributed by atoms with E-state index >= 15 is 0 Å². The maximum Gasteiger partial charge on any atom is 0.422 e. The molecule has 0 radical (unpaired) electrons. The van der Waals surface area contributed by atoms with Gasteiger partial charge in [0.2, 0.25) is 0 Å². The van der Waals surface area contributed by atoms with E-state index in [2.05, 4.69) is 9.98 Å². The quantitative estimate of drug-likeness (QED) is 0.545. The van der Waals surface area contributed by atoms with Crippen LogP contribution < -0.4 is 4.74 Å². The summed E-state index contributed by atoms with van der Waals surface area (Å²) in [6, 6.07) is 15.6. The molecule has 0 aliphatic carbocycles. The van der Waals surface area contributed by atoms with Crippen molar-refractivity contribution in [3.05, 3.63) is 65.9 Å². The SMILES string of the molecule is Cc1ccc2c(/N=C/C(O)(CC3(C)CCOc4ccccc43)C(F)(F)F)cccc2n1. The van der Waals surface area contributed by atoms with Crippen molar-refractivity contribution in [2.75, 3.05) is 6.61 Å². The molecule has 0 saturated carbocycles. The lowest BCUT2D eigenvalue weighted by atomic mass is 9.70. The number of halogens is 3. The molecule has 1 aromatic heterocycles. The first kappa shape index (κ1) is 21.3. The number of benzene rings is 2. The van der Waals surface area contributed by atoms with Gasteiger partial charge in [-0.25, -0.2) is 0 Å². The van der Waals surface area contributed by atoms with E-state index < -0.39 is 23.6 Å². The van der Waals surface area contributed by atoms with E-state index in [-0.39, 0.29) is 6.61 Å². The summed E-state index contributed by atoms with van der Waals surface area (Å²) >= 11 is 0. The van der Waals surface area contributed by atoms with Crippen LogP contribution in [0.5, 0.6) is 5.75 Å². The van der Waals surface area contributed by atoms with Crippen LogP contribution >= 0.6 is 0 Å². The number of aromatic nitrogens is 1. The van der Waals surface area contributed by atoms with Gasteiger partial charge < -0.3 is 9.84 Å². The maximum atomic E-state index is 14.1. The zero-order valence-corrected chi connectivity index (χ0v) is 17.3. The molecule has 0 amide bonds. The highest BCUT2D eigenvalue weighted by molar-refractivity contribution is 5.92. The molecule has 2 heterocycles. The number of ether oxygens (including phenoxy) is 1. The number of aryl methyl sites for hydroxylation is 1. The highest BCUT2D eigenvalue weighted by Crippen LogP contribution is 2.47. The molecule has 4 rings (SSSR count). The molecule has 1 aliphatic heterocycles. The Kier molecular flexibility index (Phi) is 5.25. The molecule has 1 N–H and O–H groups in total. The van der Waals surface area contributed by atoms with Gasteiger partial charge in [0, 0.05) is 28.3 Å². The van der Waals surface area contributed by atoms with Crippen LogP contribution in [0.25, 0.3) is 10.9 Å². The molecule has 162 valence electrons. The summed E-state index contributed by atoms with van der Waals surface area (Å²) < 4.78 is 47.9. The second-order valence-corrected chi connectivity index (χ2v) is 8.31. The monoisotopic (exact) mass is 428 g/mol. The number of aliphatic hydroxyl groups is 1. The van der Waals surface area contributed by atoms with Crippen LogP contribution in [0.4, 0.5) is 18.9 Å². The van der Waals surface area contributed by atoms with Crippen molar-refractivity contribution >= 4 is 22.8 Å². The topological polar surface area (TPSA) is 54.7 Å². The first-order valence-electron chi connectivity index (χ1n) is 10.0. The van der Waals surface area contributed by atoms with Crippen molar-refractivity contribution in [3.8, 4) is 5.75 Å². The average Bonchev–Trinajstić information content (AvgIpc) is 2.71. The van der Waals surface area contributed by atoms with Gasteiger partial charge in [-0.3, -0.25) is 9.98 Å². The maximum absolute atomic E-state index is 14.1. The Morgan fingerprint density at radius 1 is 1.13 bits per heavy atom. The van der Waals surface area contributed by atoms with Crippen molar-refractivity contribution in [1.29, 1.82) is 0 Å². The van der Waals surface area contributed by atoms with Crippen molar-refractivity contribution < 1.29 is 23.0 Å². The van der Waals surface area contributed by atoms with Crippen LogP contribution in [0.15, 0.2) is 59.6 Å². The van der Waals surface area contributed by atoms with E-state index in [9.17, 15) is 18.3 Å². The predicted octanol–water partition coefficient (Wildman–Crippen LogP) is 5.67. The Hall–Kier alpha value is -2.93. The van der Waals surface area contributed by atoms with Crippen molar-refractivity contribution in [2.24, 2.45) is 4.99 Å². The number of nitrogens with zero attached hydrogens (tertiary/aromatic N) is 2. The van der Waals surface area contributed by atoms with Gasteiger partial charge in [-0.1, -0.05) is 31.2 Å². The van der Waals surface area contributed by atoms with E-state index in [1.807, 2.05) is 6.92 Å². The summed E-state index contributed by atoms with van der Waals surface area (Å²) in [4.78, 5) is 8.48. The largest absolute Gasteiger partial charge is 0.493 e. The normalized spacial score (nSPS) is 21.0. The summed E-state index contributed by atoms with van der Waals surface area (Å²) in [6.45, 7) is 3.85. The van der Waals surface area contributed by atoms with Gasteiger partial charge in [-0.2, -0.15) is 13.2 Å². The number of rotatable bonds is 4. The number of aliphatic imine (C=N–C) groups is 1. The third-order valence-corrected chi connectivity index (χ3v) is 5.86. The molecule has 0 fully saturated rings. The summed E-state index contributed by atoms with van der Waals surface area (Å²) in [7, 11) is 0. The number of hydrogen-bond donors (Lipinski definition) is 1. The van der Waals surface area contributed by atoms with E-state index in [4.69, 9.17) is 4.74 Å². The van der Waals surface area contributed by atoms with Crippen LogP contribution in [-0.4, -0.2) is 34.7 Å². The number of hydrogen-bond acceptors (Lipinski definition) is 4. The van der Waals surface area contributed by atoms with Crippen LogP contribution in [0.1, 0.15) is 31.0 Å². The molecule has 0 spiro atoms. The fourth-order valence-electron chi connectivity index (χ4n) is 4.14. The van der Waals surface area contributed by atoms with Gasteiger partial charge in [0.25, 0.3) is 0 Å². The lowest BCUT2D eigenvalue weighted by molar-refractivity contribution is -0.235. The Morgan fingerprint density at radius 2 is 1.90 bits per heavy atom. The summed E-state index contributed by atoms with van der Waals surface area (Å²) in [6.07, 6.45) is -4.47. The summed E-state index contributed by atoms with van der Waals surface area (Å²) in [5, 5.41) is 11.5. The van der Waals surface area contributed by atoms with Crippen molar-refractivity contribution in [2.45, 2.75) is 43.9 Å². The third-order valence-electron chi connectivity index (χ3n) is 5.86. The molecule has 0 saturated heterocycles. The van der Waals surface area contributed by atoms with Gasteiger partial charge in [0.15, 0.2) is 5.60 Å². The predicted molar refractivity (Wildman–Crippen MR) is 114 cm³/mol. The molecule has 2 atom stereocenters. The second-order valence-electron chi connectivity index (χ2n) is 8.31.